The van der Waals surface area contributed by atoms with Crippen LogP contribution in [0.5, 0.6) is 0 Å². The minimum absolute atomic E-state index is 0.493. The lowest BCUT2D eigenvalue weighted by molar-refractivity contribution is -0.145. The van der Waals surface area contributed by atoms with Gasteiger partial charge in [0.25, 0.3) is 0 Å². The van der Waals surface area contributed by atoms with E-state index in [0.717, 1.165) is 0 Å². The van der Waals surface area contributed by atoms with Crippen molar-refractivity contribution in [2.75, 3.05) is 13.1 Å². The van der Waals surface area contributed by atoms with Crippen molar-refractivity contribution in [2.45, 2.75) is 13.8 Å². The number of rotatable bonds is 4. The van der Waals surface area contributed by atoms with Gasteiger partial charge >= 0.3 is 11.8 Å². The second kappa shape index (κ2) is 7.16. The number of hydrogen-bond donors (Lipinski definition) is 1. The van der Waals surface area contributed by atoms with Crippen LogP contribution in [0, 0.1) is 0 Å². The molecule has 6 nitrogen and oxygen atoms in total. The number of likely N-dealkylation sites (N-methyl/N-ethyl adjacent to an activating group) is 1. The molecule has 0 fully saturated rings. The SMILES string of the molecule is CCN(CC)C(=O)C(=O)NN=Cc1ccccn1. The number of aromatic nitrogens is 1. The molecular weight excluding hydrogens is 232 g/mol. The van der Waals surface area contributed by atoms with Gasteiger partial charge in [-0.1, -0.05) is 6.07 Å². The van der Waals surface area contributed by atoms with Crippen LogP contribution >= 0.6 is 0 Å². The molecule has 0 atom stereocenters. The molecule has 1 N–H and O–H groups in total. The topological polar surface area (TPSA) is 74.7 Å². The third kappa shape index (κ3) is 3.97. The van der Waals surface area contributed by atoms with Crippen molar-refractivity contribution in [1.29, 1.82) is 0 Å². The maximum Gasteiger partial charge on any atom is 0.329 e. The number of hydrazone groups is 1. The predicted molar refractivity (Wildman–Crippen MR) is 67.9 cm³/mol. The molecule has 0 aliphatic carbocycles. The Hall–Kier alpha value is -2.24. The number of pyridine rings is 1. The molecule has 1 aromatic heterocycles. The summed E-state index contributed by atoms with van der Waals surface area (Å²) >= 11 is 0. The minimum Gasteiger partial charge on any atom is -0.335 e. The van der Waals surface area contributed by atoms with Gasteiger partial charge in [-0.25, -0.2) is 5.43 Å². The third-order valence-electron chi connectivity index (χ3n) is 2.30. The molecule has 1 rings (SSSR count). The average Bonchev–Trinajstić information content (AvgIpc) is 2.41. The average molecular weight is 248 g/mol. The smallest absolute Gasteiger partial charge is 0.329 e. The van der Waals surface area contributed by atoms with Gasteiger partial charge in [-0.05, 0) is 26.0 Å². The van der Waals surface area contributed by atoms with Gasteiger partial charge in [0, 0.05) is 19.3 Å². The van der Waals surface area contributed by atoms with Crippen LogP contribution in [-0.4, -0.2) is 41.0 Å². The molecule has 0 aliphatic heterocycles. The van der Waals surface area contributed by atoms with Crippen LogP contribution in [0.3, 0.4) is 0 Å². The Morgan fingerprint density at radius 3 is 2.67 bits per heavy atom. The Labute approximate surface area is 106 Å². The highest BCUT2D eigenvalue weighted by Gasteiger charge is 2.18. The first kappa shape index (κ1) is 13.8. The highest BCUT2D eigenvalue weighted by Crippen LogP contribution is 1.90. The Kier molecular flexibility index (Phi) is 5.50. The second-order valence-corrected chi connectivity index (χ2v) is 3.43. The van der Waals surface area contributed by atoms with E-state index >= 15 is 0 Å². The van der Waals surface area contributed by atoms with E-state index in [1.807, 2.05) is 13.8 Å². The van der Waals surface area contributed by atoms with Gasteiger partial charge in [-0.15, -0.1) is 0 Å². The molecule has 0 radical (unpaired) electrons. The van der Waals surface area contributed by atoms with Crippen LogP contribution in [0.25, 0.3) is 0 Å². The lowest BCUT2D eigenvalue weighted by Gasteiger charge is -2.16. The number of carbonyl (C=O) groups is 2. The monoisotopic (exact) mass is 248 g/mol. The molecule has 0 saturated carbocycles. The van der Waals surface area contributed by atoms with Crippen molar-refractivity contribution < 1.29 is 9.59 Å². The first-order valence-electron chi connectivity index (χ1n) is 5.72. The van der Waals surface area contributed by atoms with Gasteiger partial charge in [-0.2, -0.15) is 5.10 Å². The van der Waals surface area contributed by atoms with Crippen molar-refractivity contribution in [2.24, 2.45) is 5.10 Å². The maximum atomic E-state index is 11.6. The molecule has 0 bridgehead atoms. The Bertz CT molecular complexity index is 427. The number of carbonyl (C=O) groups excluding carboxylic acids is 2. The number of amides is 2. The highest BCUT2D eigenvalue weighted by atomic mass is 16.2. The second-order valence-electron chi connectivity index (χ2n) is 3.43. The molecule has 0 unspecified atom stereocenters. The fourth-order valence-electron chi connectivity index (χ4n) is 1.31. The zero-order valence-electron chi connectivity index (χ0n) is 10.5. The Morgan fingerprint density at radius 2 is 2.11 bits per heavy atom. The van der Waals surface area contributed by atoms with Crippen LogP contribution in [0.4, 0.5) is 0 Å². The van der Waals surface area contributed by atoms with E-state index in [1.165, 1.54) is 11.1 Å². The molecule has 1 heterocycles. The minimum atomic E-state index is -0.745. The van der Waals surface area contributed by atoms with E-state index in [0.29, 0.717) is 18.8 Å². The predicted octanol–water partition coefficient (Wildman–Crippen LogP) is 0.400. The van der Waals surface area contributed by atoms with Crippen molar-refractivity contribution >= 4 is 18.0 Å². The molecular formula is C12H16N4O2. The summed E-state index contributed by atoms with van der Waals surface area (Å²) in [6.07, 6.45) is 3.00. The number of nitrogens with zero attached hydrogens (tertiary/aromatic N) is 3. The van der Waals surface area contributed by atoms with Crippen LogP contribution < -0.4 is 5.43 Å². The lowest BCUT2D eigenvalue weighted by atomic mass is 10.4. The molecule has 6 heteroatoms. The maximum absolute atomic E-state index is 11.6. The van der Waals surface area contributed by atoms with E-state index in [1.54, 1.807) is 24.4 Å². The fourth-order valence-corrected chi connectivity index (χ4v) is 1.31. The molecule has 0 saturated heterocycles. The molecule has 18 heavy (non-hydrogen) atoms. The lowest BCUT2D eigenvalue weighted by Crippen LogP contribution is -2.41. The van der Waals surface area contributed by atoms with Gasteiger partial charge in [0.1, 0.15) is 0 Å². The zero-order chi connectivity index (χ0) is 13.4. The standard InChI is InChI=1S/C12H16N4O2/c1-3-16(4-2)12(18)11(17)15-14-9-10-7-5-6-8-13-10/h5-9H,3-4H2,1-2H3,(H,15,17). The van der Waals surface area contributed by atoms with Crippen molar-refractivity contribution in [1.82, 2.24) is 15.3 Å². The van der Waals surface area contributed by atoms with E-state index in [4.69, 9.17) is 0 Å². The van der Waals surface area contributed by atoms with Crippen molar-refractivity contribution in [3.05, 3.63) is 30.1 Å². The van der Waals surface area contributed by atoms with Crippen LogP contribution in [0.15, 0.2) is 29.5 Å². The van der Waals surface area contributed by atoms with E-state index < -0.39 is 11.8 Å². The molecule has 0 aromatic carbocycles. The summed E-state index contributed by atoms with van der Waals surface area (Å²) in [5.41, 5.74) is 2.78. The van der Waals surface area contributed by atoms with E-state index in [2.05, 4.69) is 15.5 Å². The summed E-state index contributed by atoms with van der Waals surface area (Å²) in [4.78, 5) is 28.4. The summed E-state index contributed by atoms with van der Waals surface area (Å²) in [6, 6.07) is 5.32. The van der Waals surface area contributed by atoms with E-state index in [-0.39, 0.29) is 0 Å². The summed E-state index contributed by atoms with van der Waals surface area (Å²) in [5.74, 6) is -1.33. The number of hydrogen-bond acceptors (Lipinski definition) is 4. The molecule has 0 spiro atoms. The van der Waals surface area contributed by atoms with Crippen molar-refractivity contribution in [3.63, 3.8) is 0 Å². The summed E-state index contributed by atoms with van der Waals surface area (Å²) in [7, 11) is 0. The van der Waals surface area contributed by atoms with Crippen LogP contribution in [-0.2, 0) is 9.59 Å². The largest absolute Gasteiger partial charge is 0.335 e. The van der Waals surface area contributed by atoms with Gasteiger partial charge in [0.15, 0.2) is 0 Å². The molecule has 2 amide bonds. The summed E-state index contributed by atoms with van der Waals surface area (Å²) < 4.78 is 0. The first-order chi connectivity index (χ1) is 8.69. The van der Waals surface area contributed by atoms with E-state index in [9.17, 15) is 9.59 Å². The first-order valence-corrected chi connectivity index (χ1v) is 5.72. The van der Waals surface area contributed by atoms with Gasteiger partial charge < -0.3 is 4.90 Å². The Balaban J connectivity index is 2.51. The fraction of sp³-hybridized carbons (Fsp3) is 0.333. The third-order valence-corrected chi connectivity index (χ3v) is 2.30. The molecule has 0 aliphatic rings. The van der Waals surface area contributed by atoms with Gasteiger partial charge in [0.2, 0.25) is 0 Å². The van der Waals surface area contributed by atoms with Crippen LogP contribution in [0.2, 0.25) is 0 Å². The van der Waals surface area contributed by atoms with Crippen LogP contribution in [0.1, 0.15) is 19.5 Å². The van der Waals surface area contributed by atoms with Gasteiger partial charge in [-0.3, -0.25) is 14.6 Å². The molecule has 96 valence electrons. The summed E-state index contributed by atoms with van der Waals surface area (Å²) in [5, 5.41) is 3.68. The van der Waals surface area contributed by atoms with Gasteiger partial charge in [0.05, 0.1) is 11.9 Å². The normalized spacial score (nSPS) is 10.3. The summed E-state index contributed by atoms with van der Waals surface area (Å²) in [6.45, 7) is 4.61. The number of nitrogens with one attached hydrogen (secondary N) is 1. The molecule has 1 aromatic rings. The zero-order valence-corrected chi connectivity index (χ0v) is 10.5. The van der Waals surface area contributed by atoms with Crippen molar-refractivity contribution in [3.8, 4) is 0 Å². The quantitative estimate of drug-likeness (QED) is 0.476. The Morgan fingerprint density at radius 1 is 1.39 bits per heavy atom. The highest BCUT2D eigenvalue weighted by molar-refractivity contribution is 6.34.